The first kappa shape index (κ1) is 24.1. The molecule has 1 amide bonds. The van der Waals surface area contributed by atoms with Crippen LogP contribution in [0.2, 0.25) is 0 Å². The summed E-state index contributed by atoms with van der Waals surface area (Å²) < 4.78 is 56.9. The summed E-state index contributed by atoms with van der Waals surface area (Å²) in [6.07, 6.45) is 1.00. The number of amides is 1. The Morgan fingerprint density at radius 1 is 0.900 bits per heavy atom. The number of sulfonamides is 1. The second kappa shape index (κ2) is 8.92. The van der Waals surface area contributed by atoms with Gasteiger partial charge in [-0.05, 0) is 36.4 Å². The summed E-state index contributed by atoms with van der Waals surface area (Å²) >= 11 is 0. The van der Waals surface area contributed by atoms with Crippen molar-refractivity contribution >= 4 is 77.8 Å². The van der Waals surface area contributed by atoms with Crippen LogP contribution in [0.5, 0.6) is 5.75 Å². The van der Waals surface area contributed by atoms with E-state index in [0.717, 1.165) is 18.4 Å². The average Bonchev–Trinajstić information content (AvgIpc) is 2.62. The van der Waals surface area contributed by atoms with E-state index in [2.05, 4.69) is 10.0 Å². The molecule has 0 aliphatic rings. The molecule has 0 spiro atoms. The summed E-state index contributed by atoms with van der Waals surface area (Å²) in [5.41, 5.74) is 0.252. The van der Waals surface area contributed by atoms with Crippen molar-refractivity contribution < 1.29 is 31.3 Å². The molecular weight excluding hydrogens is 443 g/mol. The fraction of sp³-hybridized carbons (Fsp3) is 0.0556. The summed E-state index contributed by atoms with van der Waals surface area (Å²) in [6.45, 7) is 0. The van der Waals surface area contributed by atoms with E-state index in [9.17, 15) is 26.7 Å². The number of hydrogen-bond donors (Lipinski definition) is 4. The van der Waals surface area contributed by atoms with Crippen molar-refractivity contribution in [2.75, 3.05) is 16.3 Å². The molecule has 0 saturated carbocycles. The molecule has 0 heterocycles. The van der Waals surface area contributed by atoms with Gasteiger partial charge in [0.15, 0.2) is 0 Å². The Morgan fingerprint density at radius 2 is 1.57 bits per heavy atom. The summed E-state index contributed by atoms with van der Waals surface area (Å²) in [7, 11) is -8.01. The zero-order chi connectivity index (χ0) is 21.4. The van der Waals surface area contributed by atoms with Gasteiger partial charge in [-0.15, -0.1) is 0 Å². The summed E-state index contributed by atoms with van der Waals surface area (Å²) in [5.74, 6) is -1.01. The first-order chi connectivity index (χ1) is 13.5. The van der Waals surface area contributed by atoms with Crippen LogP contribution in [0.25, 0.3) is 10.8 Å². The van der Waals surface area contributed by atoms with Crippen LogP contribution in [0.1, 0.15) is 10.4 Å². The Kier molecular flexibility index (Phi) is 7.17. The smallest absolute Gasteiger partial charge is 0.294 e. The Hall–Kier alpha value is -2.15. The largest absolute Gasteiger partial charge is 0.505 e. The number of carbonyl (C=O) groups is 1. The van der Waals surface area contributed by atoms with Crippen molar-refractivity contribution in [1.29, 1.82) is 0 Å². The van der Waals surface area contributed by atoms with Crippen LogP contribution >= 0.6 is 0 Å². The van der Waals surface area contributed by atoms with Crippen LogP contribution in [0.3, 0.4) is 0 Å². The molecule has 3 aromatic carbocycles. The van der Waals surface area contributed by atoms with E-state index in [1.165, 1.54) is 36.4 Å². The number of hydrogen-bond acceptors (Lipinski definition) is 6. The van der Waals surface area contributed by atoms with Crippen molar-refractivity contribution in [1.82, 2.24) is 0 Å². The van der Waals surface area contributed by atoms with Gasteiger partial charge >= 0.3 is 0 Å². The SMILES string of the molecule is CS(=O)(=O)Nc1cccc2c(O)c(NC(=O)c3cccc(S(=O)(=O)O)c3)ccc12.[Na]. The average molecular weight is 459 g/mol. The molecule has 153 valence electrons. The van der Waals surface area contributed by atoms with E-state index in [-0.39, 0.29) is 52.2 Å². The van der Waals surface area contributed by atoms with Gasteiger partial charge in [0.2, 0.25) is 10.0 Å². The molecule has 0 aliphatic carbocycles. The fourth-order valence-electron chi connectivity index (χ4n) is 2.72. The molecule has 3 aromatic rings. The minimum Gasteiger partial charge on any atom is -0.505 e. The van der Waals surface area contributed by atoms with E-state index in [1.54, 1.807) is 6.07 Å². The normalized spacial score (nSPS) is 11.5. The van der Waals surface area contributed by atoms with Gasteiger partial charge in [-0.25, -0.2) is 8.42 Å². The van der Waals surface area contributed by atoms with Gasteiger partial charge in [0.05, 0.1) is 22.5 Å². The van der Waals surface area contributed by atoms with Crippen LogP contribution in [0, 0.1) is 0 Å². The van der Waals surface area contributed by atoms with Crippen molar-refractivity contribution in [3.8, 4) is 5.75 Å². The Balaban J connectivity index is 0.00000320. The predicted octanol–water partition coefficient (Wildman–Crippen LogP) is 2.04. The molecule has 0 unspecified atom stereocenters. The van der Waals surface area contributed by atoms with Gasteiger partial charge in [-0.3, -0.25) is 14.1 Å². The van der Waals surface area contributed by atoms with Gasteiger partial charge in [0.1, 0.15) is 5.75 Å². The molecule has 3 rings (SSSR count). The van der Waals surface area contributed by atoms with Gasteiger partial charge < -0.3 is 10.4 Å². The maximum Gasteiger partial charge on any atom is 0.294 e. The number of anilines is 2. The Bertz CT molecular complexity index is 1340. The van der Waals surface area contributed by atoms with E-state index in [4.69, 9.17) is 4.55 Å². The van der Waals surface area contributed by atoms with Gasteiger partial charge in [0, 0.05) is 45.9 Å². The Morgan fingerprint density at radius 3 is 2.20 bits per heavy atom. The van der Waals surface area contributed by atoms with Crippen LogP contribution in [-0.4, -0.2) is 68.2 Å². The first-order valence-corrected chi connectivity index (χ1v) is 11.4. The number of nitrogens with one attached hydrogen (secondary N) is 2. The number of aromatic hydroxyl groups is 1. The zero-order valence-electron chi connectivity index (χ0n) is 15.9. The van der Waals surface area contributed by atoms with Crippen LogP contribution in [-0.2, 0) is 20.1 Å². The summed E-state index contributed by atoms with van der Waals surface area (Å²) in [5, 5.41) is 13.7. The molecule has 0 saturated heterocycles. The second-order valence-electron chi connectivity index (χ2n) is 6.19. The number of benzene rings is 3. The maximum absolute atomic E-state index is 12.4. The van der Waals surface area contributed by atoms with Crippen molar-refractivity contribution in [2.45, 2.75) is 4.90 Å². The number of phenols is 1. The summed E-state index contributed by atoms with van der Waals surface area (Å²) in [6, 6.07) is 12.3. The van der Waals surface area contributed by atoms with Crippen molar-refractivity contribution in [3.63, 3.8) is 0 Å². The number of rotatable bonds is 5. The van der Waals surface area contributed by atoms with Gasteiger partial charge in [-0.1, -0.05) is 18.2 Å². The number of carbonyl (C=O) groups excluding carboxylic acids is 1. The molecular formula is C18H16N2NaO7S2. The third kappa shape index (κ3) is 5.50. The van der Waals surface area contributed by atoms with Crippen molar-refractivity contribution in [2.24, 2.45) is 0 Å². The van der Waals surface area contributed by atoms with Gasteiger partial charge in [0.25, 0.3) is 16.0 Å². The fourth-order valence-corrected chi connectivity index (χ4v) is 3.83. The number of fused-ring (bicyclic) bond motifs is 1. The topological polar surface area (TPSA) is 150 Å². The minimum atomic E-state index is -4.47. The Labute approximate surface area is 195 Å². The first-order valence-electron chi connectivity index (χ1n) is 8.07. The predicted molar refractivity (Wildman–Crippen MR) is 114 cm³/mol. The molecule has 1 radical (unpaired) electrons. The van der Waals surface area contributed by atoms with Crippen LogP contribution in [0.4, 0.5) is 11.4 Å². The second-order valence-corrected chi connectivity index (χ2v) is 9.36. The van der Waals surface area contributed by atoms with E-state index in [1.807, 2.05) is 0 Å². The third-order valence-electron chi connectivity index (χ3n) is 3.97. The van der Waals surface area contributed by atoms with E-state index in [0.29, 0.717) is 10.8 Å². The molecule has 0 bridgehead atoms. The monoisotopic (exact) mass is 459 g/mol. The standard InChI is InChI=1S/C18H16N2O7S2.Na/c1-28(23,24)20-15-7-3-6-14-13(15)8-9-16(17(14)21)19-18(22)11-4-2-5-12(10-11)29(25,26)27;/h2-10,20-21H,1H3,(H,19,22)(H,25,26,27);. The summed E-state index contributed by atoms with van der Waals surface area (Å²) in [4.78, 5) is 12.0. The van der Waals surface area contributed by atoms with Crippen LogP contribution in [0.15, 0.2) is 59.5 Å². The molecule has 0 fully saturated rings. The van der Waals surface area contributed by atoms with E-state index >= 15 is 0 Å². The van der Waals surface area contributed by atoms with Crippen LogP contribution < -0.4 is 10.0 Å². The zero-order valence-corrected chi connectivity index (χ0v) is 19.6. The minimum absolute atomic E-state index is 0. The molecule has 0 aliphatic heterocycles. The molecule has 9 nitrogen and oxygen atoms in total. The molecule has 0 atom stereocenters. The quantitative estimate of drug-likeness (QED) is 0.259. The van der Waals surface area contributed by atoms with Crippen molar-refractivity contribution in [3.05, 3.63) is 60.2 Å². The molecule has 4 N–H and O–H groups in total. The number of phenolic OH excluding ortho intramolecular Hbond substituents is 1. The molecule has 0 aromatic heterocycles. The van der Waals surface area contributed by atoms with Gasteiger partial charge in [-0.2, -0.15) is 8.42 Å². The third-order valence-corrected chi connectivity index (χ3v) is 5.41. The maximum atomic E-state index is 12.4. The van der Waals surface area contributed by atoms with E-state index < -0.39 is 30.9 Å². The molecule has 12 heteroatoms. The molecule has 30 heavy (non-hydrogen) atoms.